The summed E-state index contributed by atoms with van der Waals surface area (Å²) in [5.41, 5.74) is 0.691. The number of hydrogen-bond acceptors (Lipinski definition) is 3. The van der Waals surface area contributed by atoms with Crippen molar-refractivity contribution in [3.8, 4) is 5.75 Å². The highest BCUT2D eigenvalue weighted by Gasteiger charge is 2.33. The van der Waals surface area contributed by atoms with Gasteiger partial charge in [-0.05, 0) is 30.5 Å². The number of carbonyl (C=O) groups excluding carboxylic acids is 1. The third-order valence-electron chi connectivity index (χ3n) is 3.12. The van der Waals surface area contributed by atoms with Crippen LogP contribution >= 0.6 is 0 Å². The van der Waals surface area contributed by atoms with Gasteiger partial charge in [-0.1, -0.05) is 12.1 Å². The molecule has 96 valence electrons. The van der Waals surface area contributed by atoms with Crippen LogP contribution in [0.15, 0.2) is 24.3 Å². The molecule has 1 heterocycles. The molecule has 0 radical (unpaired) electrons. The standard InChI is InChI=1S/C13H15NO4/c15-10-4-1-3-9(7-10)8-12(16)14-6-2-5-11(14)13(17)18/h1,3-4,7,11,15H,2,5-6,8H2,(H,17,18)/t11-/m0/s1. The number of phenols is 1. The molecular weight excluding hydrogens is 234 g/mol. The Morgan fingerprint density at radius 1 is 1.39 bits per heavy atom. The maximum atomic E-state index is 12.0. The molecule has 0 aliphatic carbocycles. The Hall–Kier alpha value is -2.04. The van der Waals surface area contributed by atoms with Crippen molar-refractivity contribution in [1.29, 1.82) is 0 Å². The molecule has 0 spiro atoms. The van der Waals surface area contributed by atoms with Gasteiger partial charge in [-0.15, -0.1) is 0 Å². The predicted molar refractivity (Wildman–Crippen MR) is 64.2 cm³/mol. The third-order valence-corrected chi connectivity index (χ3v) is 3.12. The minimum atomic E-state index is -0.947. The Labute approximate surface area is 105 Å². The van der Waals surface area contributed by atoms with Crippen LogP contribution in [0.2, 0.25) is 0 Å². The van der Waals surface area contributed by atoms with Crippen LogP contribution in [0, 0.1) is 0 Å². The highest BCUT2D eigenvalue weighted by molar-refractivity contribution is 5.85. The maximum Gasteiger partial charge on any atom is 0.326 e. The van der Waals surface area contributed by atoms with Crippen molar-refractivity contribution in [2.75, 3.05) is 6.54 Å². The van der Waals surface area contributed by atoms with E-state index in [2.05, 4.69) is 0 Å². The van der Waals surface area contributed by atoms with Gasteiger partial charge in [-0.25, -0.2) is 4.79 Å². The van der Waals surface area contributed by atoms with Crippen molar-refractivity contribution < 1.29 is 19.8 Å². The van der Waals surface area contributed by atoms with Crippen LogP contribution in [0.3, 0.4) is 0 Å². The number of carbonyl (C=O) groups is 2. The minimum Gasteiger partial charge on any atom is -0.508 e. The number of aliphatic carboxylic acids is 1. The molecular formula is C13H15NO4. The Balaban J connectivity index is 2.06. The molecule has 0 bridgehead atoms. The van der Waals surface area contributed by atoms with E-state index in [0.717, 1.165) is 6.42 Å². The molecule has 2 rings (SSSR count). The molecule has 0 unspecified atom stereocenters. The topological polar surface area (TPSA) is 77.8 Å². The van der Waals surface area contributed by atoms with Crippen LogP contribution in [0.4, 0.5) is 0 Å². The summed E-state index contributed by atoms with van der Waals surface area (Å²) >= 11 is 0. The molecule has 1 aromatic rings. The number of rotatable bonds is 3. The Morgan fingerprint density at radius 2 is 2.17 bits per heavy atom. The zero-order valence-electron chi connectivity index (χ0n) is 9.87. The molecule has 1 aliphatic rings. The quantitative estimate of drug-likeness (QED) is 0.838. The highest BCUT2D eigenvalue weighted by Crippen LogP contribution is 2.19. The number of carboxylic acids is 1. The second-order valence-electron chi connectivity index (χ2n) is 4.43. The number of likely N-dealkylation sites (tertiary alicyclic amines) is 1. The molecule has 5 nitrogen and oxygen atoms in total. The molecule has 0 aromatic heterocycles. The molecule has 18 heavy (non-hydrogen) atoms. The second-order valence-corrected chi connectivity index (χ2v) is 4.43. The van der Waals surface area contributed by atoms with Gasteiger partial charge in [-0.3, -0.25) is 4.79 Å². The minimum absolute atomic E-state index is 0.108. The summed E-state index contributed by atoms with van der Waals surface area (Å²) in [4.78, 5) is 24.4. The van der Waals surface area contributed by atoms with E-state index in [1.54, 1.807) is 12.1 Å². The molecule has 1 saturated heterocycles. The van der Waals surface area contributed by atoms with Crippen molar-refractivity contribution in [2.24, 2.45) is 0 Å². The van der Waals surface area contributed by atoms with Gasteiger partial charge in [0.15, 0.2) is 0 Å². The van der Waals surface area contributed by atoms with Crippen LogP contribution in [-0.2, 0) is 16.0 Å². The summed E-state index contributed by atoms with van der Waals surface area (Å²) in [6.07, 6.45) is 1.36. The van der Waals surface area contributed by atoms with Gasteiger partial charge in [0.25, 0.3) is 0 Å². The maximum absolute atomic E-state index is 12.0. The lowest BCUT2D eigenvalue weighted by Crippen LogP contribution is -2.41. The summed E-state index contributed by atoms with van der Waals surface area (Å²) in [5, 5.41) is 18.3. The van der Waals surface area contributed by atoms with Gasteiger partial charge >= 0.3 is 5.97 Å². The summed E-state index contributed by atoms with van der Waals surface area (Å²) in [5.74, 6) is -1.04. The average molecular weight is 249 g/mol. The lowest BCUT2D eigenvalue weighted by molar-refractivity contribution is -0.148. The van der Waals surface area contributed by atoms with E-state index in [4.69, 9.17) is 5.11 Å². The zero-order valence-corrected chi connectivity index (χ0v) is 9.87. The van der Waals surface area contributed by atoms with Crippen LogP contribution in [0.5, 0.6) is 5.75 Å². The van der Waals surface area contributed by atoms with Gasteiger partial charge in [0, 0.05) is 6.54 Å². The Bertz CT molecular complexity index is 472. The van der Waals surface area contributed by atoms with Crippen LogP contribution in [0.1, 0.15) is 18.4 Å². The van der Waals surface area contributed by atoms with Gasteiger partial charge < -0.3 is 15.1 Å². The van der Waals surface area contributed by atoms with Crippen LogP contribution in [-0.4, -0.2) is 39.6 Å². The molecule has 1 aliphatic heterocycles. The highest BCUT2D eigenvalue weighted by atomic mass is 16.4. The first-order chi connectivity index (χ1) is 8.58. The average Bonchev–Trinajstić information content (AvgIpc) is 2.77. The Kier molecular flexibility index (Phi) is 3.50. The van der Waals surface area contributed by atoms with Crippen molar-refractivity contribution in [2.45, 2.75) is 25.3 Å². The van der Waals surface area contributed by atoms with Crippen LogP contribution < -0.4 is 0 Å². The van der Waals surface area contributed by atoms with Crippen molar-refractivity contribution in [3.63, 3.8) is 0 Å². The van der Waals surface area contributed by atoms with Crippen molar-refractivity contribution >= 4 is 11.9 Å². The normalized spacial score (nSPS) is 18.9. The van der Waals surface area contributed by atoms with E-state index in [1.165, 1.54) is 17.0 Å². The summed E-state index contributed by atoms with van der Waals surface area (Å²) in [6, 6.07) is 5.75. The zero-order chi connectivity index (χ0) is 13.1. The largest absolute Gasteiger partial charge is 0.508 e. The first-order valence-electron chi connectivity index (χ1n) is 5.88. The van der Waals surface area contributed by atoms with Gasteiger partial charge in [-0.2, -0.15) is 0 Å². The molecule has 1 aromatic carbocycles. The third kappa shape index (κ3) is 2.61. The molecule has 1 atom stereocenters. The summed E-state index contributed by atoms with van der Waals surface area (Å²) < 4.78 is 0. The monoisotopic (exact) mass is 249 g/mol. The summed E-state index contributed by atoms with van der Waals surface area (Å²) in [7, 11) is 0. The van der Waals surface area contributed by atoms with E-state index in [9.17, 15) is 14.7 Å². The number of amides is 1. The first-order valence-corrected chi connectivity index (χ1v) is 5.88. The number of phenolic OH excluding ortho intramolecular Hbond substituents is 1. The predicted octanol–water partition coefficient (Wildman–Crippen LogP) is 1.01. The van der Waals surface area contributed by atoms with E-state index >= 15 is 0 Å². The number of aromatic hydroxyl groups is 1. The molecule has 1 amide bonds. The molecule has 2 N–H and O–H groups in total. The fourth-order valence-electron chi connectivity index (χ4n) is 2.26. The first kappa shape index (κ1) is 12.4. The molecule has 1 fully saturated rings. The fourth-order valence-corrected chi connectivity index (χ4v) is 2.26. The van der Waals surface area contributed by atoms with E-state index in [0.29, 0.717) is 18.5 Å². The Morgan fingerprint density at radius 3 is 2.83 bits per heavy atom. The molecule has 5 heteroatoms. The van der Waals surface area contributed by atoms with E-state index in [-0.39, 0.29) is 18.1 Å². The van der Waals surface area contributed by atoms with Crippen molar-refractivity contribution in [3.05, 3.63) is 29.8 Å². The van der Waals surface area contributed by atoms with Gasteiger partial charge in [0.2, 0.25) is 5.91 Å². The van der Waals surface area contributed by atoms with Crippen LogP contribution in [0.25, 0.3) is 0 Å². The SMILES string of the molecule is O=C(O)[C@@H]1CCCN1C(=O)Cc1cccc(O)c1. The number of carboxylic acid groups (broad SMARTS) is 1. The number of hydrogen-bond donors (Lipinski definition) is 2. The lowest BCUT2D eigenvalue weighted by atomic mass is 10.1. The van der Waals surface area contributed by atoms with E-state index < -0.39 is 12.0 Å². The van der Waals surface area contributed by atoms with Crippen molar-refractivity contribution in [1.82, 2.24) is 4.90 Å². The second kappa shape index (κ2) is 5.08. The molecule has 0 saturated carbocycles. The fraction of sp³-hybridized carbons (Fsp3) is 0.385. The summed E-state index contributed by atoms with van der Waals surface area (Å²) in [6.45, 7) is 0.495. The van der Waals surface area contributed by atoms with Gasteiger partial charge in [0.05, 0.1) is 6.42 Å². The lowest BCUT2D eigenvalue weighted by Gasteiger charge is -2.21. The van der Waals surface area contributed by atoms with E-state index in [1.807, 2.05) is 0 Å². The smallest absolute Gasteiger partial charge is 0.326 e. The van der Waals surface area contributed by atoms with Gasteiger partial charge in [0.1, 0.15) is 11.8 Å². The number of benzene rings is 1. The number of nitrogens with zero attached hydrogens (tertiary/aromatic N) is 1.